The van der Waals surface area contributed by atoms with Gasteiger partial charge in [0.2, 0.25) is 0 Å². The molecule has 148 valence electrons. The standard InChI is InChI=1S/C22H20IN3O3/c1-3-29-22(27)18-13-25-19-6-4-14(11-24)9-17(19)21(18)26-12-15-5-7-20(28-2)16(8-15)10-23/h4-9,13H,3,10,12H2,1-2H3,(H,25,26). The topological polar surface area (TPSA) is 84.2 Å². The number of aromatic nitrogens is 1. The third-order valence-electron chi connectivity index (χ3n) is 4.45. The van der Waals surface area contributed by atoms with E-state index in [1.165, 1.54) is 6.20 Å². The SMILES string of the molecule is CCOC(=O)c1cnc2ccc(C#N)cc2c1NCc1ccc(OC)c(CI)c1. The molecule has 0 aliphatic heterocycles. The molecule has 0 aliphatic carbocycles. The summed E-state index contributed by atoms with van der Waals surface area (Å²) in [5.74, 6) is 0.401. The van der Waals surface area contributed by atoms with E-state index in [2.05, 4.69) is 45.0 Å². The molecular weight excluding hydrogens is 481 g/mol. The summed E-state index contributed by atoms with van der Waals surface area (Å²) in [4.78, 5) is 16.8. The summed E-state index contributed by atoms with van der Waals surface area (Å²) in [6.07, 6.45) is 1.51. The second-order valence-electron chi connectivity index (χ2n) is 6.24. The van der Waals surface area contributed by atoms with Crippen LogP contribution in [0.15, 0.2) is 42.6 Å². The molecule has 3 rings (SSSR count). The number of fused-ring (bicyclic) bond motifs is 1. The highest BCUT2D eigenvalue weighted by molar-refractivity contribution is 14.1. The Hall–Kier alpha value is -2.86. The minimum Gasteiger partial charge on any atom is -0.496 e. The molecule has 29 heavy (non-hydrogen) atoms. The van der Waals surface area contributed by atoms with E-state index in [4.69, 9.17) is 9.47 Å². The molecule has 0 bridgehead atoms. The van der Waals surface area contributed by atoms with Crippen molar-refractivity contribution >= 4 is 45.2 Å². The van der Waals surface area contributed by atoms with E-state index >= 15 is 0 Å². The molecule has 0 aliphatic rings. The molecule has 0 radical (unpaired) electrons. The summed E-state index contributed by atoms with van der Waals surface area (Å²) in [5, 5.41) is 13.3. The molecule has 0 fully saturated rings. The van der Waals surface area contributed by atoms with E-state index in [9.17, 15) is 10.1 Å². The minimum atomic E-state index is -0.450. The largest absolute Gasteiger partial charge is 0.496 e. The molecular formula is C22H20IN3O3. The zero-order valence-corrected chi connectivity index (χ0v) is 18.3. The molecule has 0 atom stereocenters. The Morgan fingerprint density at radius 1 is 1.28 bits per heavy atom. The number of alkyl halides is 1. The van der Waals surface area contributed by atoms with E-state index in [1.807, 2.05) is 12.1 Å². The number of nitriles is 1. The minimum absolute atomic E-state index is 0.270. The fraction of sp³-hybridized carbons (Fsp3) is 0.227. The van der Waals surface area contributed by atoms with Crippen molar-refractivity contribution in [2.45, 2.75) is 17.9 Å². The molecule has 3 aromatic rings. The number of carbonyl (C=O) groups excluding carboxylic acids is 1. The molecule has 0 saturated carbocycles. The number of pyridine rings is 1. The normalized spacial score (nSPS) is 10.4. The van der Waals surface area contributed by atoms with Crippen LogP contribution in [0.1, 0.15) is 34.0 Å². The lowest BCUT2D eigenvalue weighted by Crippen LogP contribution is -2.11. The van der Waals surface area contributed by atoms with Crippen molar-refractivity contribution in [2.75, 3.05) is 19.0 Å². The van der Waals surface area contributed by atoms with E-state index in [-0.39, 0.29) is 6.61 Å². The van der Waals surface area contributed by atoms with Crippen LogP contribution in [0.25, 0.3) is 10.9 Å². The Morgan fingerprint density at radius 2 is 2.10 bits per heavy atom. The third kappa shape index (κ3) is 4.59. The lowest BCUT2D eigenvalue weighted by Gasteiger charge is -2.15. The number of anilines is 1. The summed E-state index contributed by atoms with van der Waals surface area (Å²) in [7, 11) is 1.66. The smallest absolute Gasteiger partial charge is 0.341 e. The van der Waals surface area contributed by atoms with Gasteiger partial charge in [-0.25, -0.2) is 4.79 Å². The van der Waals surface area contributed by atoms with Gasteiger partial charge in [-0.15, -0.1) is 0 Å². The Bertz CT molecular complexity index is 1090. The van der Waals surface area contributed by atoms with Crippen LogP contribution >= 0.6 is 22.6 Å². The first kappa shape index (κ1) is 20.9. The number of hydrogen-bond acceptors (Lipinski definition) is 6. The van der Waals surface area contributed by atoms with E-state index < -0.39 is 5.97 Å². The van der Waals surface area contributed by atoms with Crippen LogP contribution in [-0.4, -0.2) is 24.7 Å². The molecule has 6 nitrogen and oxygen atoms in total. The molecule has 1 heterocycles. The first-order valence-corrected chi connectivity index (χ1v) is 10.6. The zero-order valence-electron chi connectivity index (χ0n) is 16.2. The van der Waals surface area contributed by atoms with Gasteiger partial charge in [-0.3, -0.25) is 4.98 Å². The number of esters is 1. The van der Waals surface area contributed by atoms with Crippen LogP contribution in [0.3, 0.4) is 0 Å². The highest BCUT2D eigenvalue weighted by atomic mass is 127. The number of carbonyl (C=O) groups is 1. The average Bonchev–Trinajstić information content (AvgIpc) is 2.76. The highest BCUT2D eigenvalue weighted by Crippen LogP contribution is 2.29. The van der Waals surface area contributed by atoms with Crippen molar-refractivity contribution in [2.24, 2.45) is 0 Å². The van der Waals surface area contributed by atoms with Crippen molar-refractivity contribution in [1.29, 1.82) is 5.26 Å². The Kier molecular flexibility index (Phi) is 6.88. The Morgan fingerprint density at radius 3 is 2.79 bits per heavy atom. The predicted octanol–water partition coefficient (Wildman–Crippen LogP) is 4.84. The number of benzene rings is 2. The number of hydrogen-bond donors (Lipinski definition) is 1. The molecule has 1 aromatic heterocycles. The lowest BCUT2D eigenvalue weighted by molar-refractivity contribution is 0.0527. The maximum Gasteiger partial charge on any atom is 0.341 e. The fourth-order valence-corrected chi connectivity index (χ4v) is 3.65. The van der Waals surface area contributed by atoms with Crippen molar-refractivity contribution in [3.63, 3.8) is 0 Å². The number of nitrogens with one attached hydrogen (secondary N) is 1. The lowest BCUT2D eigenvalue weighted by atomic mass is 10.1. The van der Waals surface area contributed by atoms with Gasteiger partial charge in [-0.05, 0) is 42.8 Å². The molecule has 0 spiro atoms. The van der Waals surface area contributed by atoms with Crippen molar-refractivity contribution < 1.29 is 14.3 Å². The molecule has 0 unspecified atom stereocenters. The zero-order chi connectivity index (χ0) is 20.8. The summed E-state index contributed by atoms with van der Waals surface area (Å²) >= 11 is 2.30. The summed E-state index contributed by atoms with van der Waals surface area (Å²) in [6, 6.07) is 13.3. The summed E-state index contributed by atoms with van der Waals surface area (Å²) in [6.45, 7) is 2.53. The molecule has 7 heteroatoms. The second-order valence-corrected chi connectivity index (χ2v) is 7.01. The maximum absolute atomic E-state index is 12.5. The van der Waals surface area contributed by atoms with Gasteiger partial charge in [0, 0.05) is 28.1 Å². The summed E-state index contributed by atoms with van der Waals surface area (Å²) < 4.78 is 11.4. The predicted molar refractivity (Wildman–Crippen MR) is 120 cm³/mol. The Balaban J connectivity index is 2.02. The molecule has 0 saturated heterocycles. The Labute approximate surface area is 183 Å². The number of ether oxygens (including phenoxy) is 2. The third-order valence-corrected chi connectivity index (χ3v) is 5.27. The summed E-state index contributed by atoms with van der Waals surface area (Å²) in [5.41, 5.74) is 4.30. The number of rotatable bonds is 7. The van der Waals surface area contributed by atoms with Gasteiger partial charge in [-0.1, -0.05) is 28.7 Å². The maximum atomic E-state index is 12.5. The van der Waals surface area contributed by atoms with E-state index in [0.717, 1.165) is 21.3 Å². The second kappa shape index (κ2) is 9.56. The first-order valence-electron chi connectivity index (χ1n) is 9.06. The van der Waals surface area contributed by atoms with E-state index in [1.54, 1.807) is 32.2 Å². The van der Waals surface area contributed by atoms with Gasteiger partial charge in [0.25, 0.3) is 0 Å². The van der Waals surface area contributed by atoms with Gasteiger partial charge < -0.3 is 14.8 Å². The van der Waals surface area contributed by atoms with Crippen LogP contribution in [0.2, 0.25) is 0 Å². The van der Waals surface area contributed by atoms with Gasteiger partial charge in [0.15, 0.2) is 0 Å². The molecule has 1 N–H and O–H groups in total. The number of halogens is 1. The van der Waals surface area contributed by atoms with Crippen LogP contribution < -0.4 is 10.1 Å². The van der Waals surface area contributed by atoms with Crippen LogP contribution in [0, 0.1) is 11.3 Å². The van der Waals surface area contributed by atoms with Gasteiger partial charge >= 0.3 is 5.97 Å². The molecule has 0 amide bonds. The van der Waals surface area contributed by atoms with Crippen molar-refractivity contribution in [3.8, 4) is 11.8 Å². The fourth-order valence-electron chi connectivity index (χ4n) is 3.05. The molecule has 2 aromatic carbocycles. The van der Waals surface area contributed by atoms with Crippen LogP contribution in [-0.2, 0) is 15.7 Å². The quantitative estimate of drug-likeness (QED) is 0.284. The monoisotopic (exact) mass is 501 g/mol. The van der Waals surface area contributed by atoms with Gasteiger partial charge in [0.1, 0.15) is 11.3 Å². The average molecular weight is 501 g/mol. The van der Waals surface area contributed by atoms with Crippen molar-refractivity contribution in [1.82, 2.24) is 4.98 Å². The first-order chi connectivity index (χ1) is 14.1. The van der Waals surface area contributed by atoms with Crippen LogP contribution in [0.5, 0.6) is 5.75 Å². The van der Waals surface area contributed by atoms with Gasteiger partial charge in [-0.2, -0.15) is 5.26 Å². The highest BCUT2D eigenvalue weighted by Gasteiger charge is 2.17. The van der Waals surface area contributed by atoms with E-state index in [0.29, 0.717) is 34.3 Å². The number of methoxy groups -OCH3 is 1. The van der Waals surface area contributed by atoms with Crippen molar-refractivity contribution in [3.05, 3.63) is 64.8 Å². The van der Waals surface area contributed by atoms with Gasteiger partial charge in [0.05, 0.1) is 36.6 Å². The number of nitrogens with zero attached hydrogens (tertiary/aromatic N) is 2. The van der Waals surface area contributed by atoms with Crippen LogP contribution in [0.4, 0.5) is 5.69 Å².